The SMILES string of the molecule is Cc1ccc2nc(C)cc(NCCCCCCCCCNc3cc(C)nc4ccc(C)cc34)c2c1. The molecule has 0 radical (unpaired) electrons. The highest BCUT2D eigenvalue weighted by Crippen LogP contribution is 2.25. The zero-order valence-corrected chi connectivity index (χ0v) is 21.9. The Morgan fingerprint density at radius 1 is 0.514 bits per heavy atom. The molecule has 0 aliphatic heterocycles. The van der Waals surface area contributed by atoms with E-state index in [9.17, 15) is 0 Å². The van der Waals surface area contributed by atoms with E-state index in [1.54, 1.807) is 0 Å². The van der Waals surface area contributed by atoms with Gasteiger partial charge in [0.1, 0.15) is 0 Å². The first-order chi connectivity index (χ1) is 17.0. The second-order valence-corrected chi connectivity index (χ2v) is 9.99. The van der Waals surface area contributed by atoms with Crippen LogP contribution in [0.1, 0.15) is 67.5 Å². The molecule has 4 heteroatoms. The van der Waals surface area contributed by atoms with Crippen LogP contribution < -0.4 is 10.6 Å². The second kappa shape index (κ2) is 12.0. The third-order valence-corrected chi connectivity index (χ3v) is 6.67. The Kier molecular flexibility index (Phi) is 8.57. The average Bonchev–Trinajstić information content (AvgIpc) is 2.83. The Hall–Kier alpha value is -3.14. The van der Waals surface area contributed by atoms with Crippen LogP contribution in [-0.4, -0.2) is 23.1 Å². The number of rotatable bonds is 12. The lowest BCUT2D eigenvalue weighted by molar-refractivity contribution is 0.591. The van der Waals surface area contributed by atoms with Gasteiger partial charge in [-0.1, -0.05) is 55.4 Å². The smallest absolute Gasteiger partial charge is 0.0726 e. The lowest BCUT2D eigenvalue weighted by atomic mass is 10.1. The first-order valence-corrected chi connectivity index (χ1v) is 13.2. The number of pyridine rings is 2. The summed E-state index contributed by atoms with van der Waals surface area (Å²) in [7, 11) is 0. The van der Waals surface area contributed by atoms with Gasteiger partial charge < -0.3 is 10.6 Å². The molecule has 0 aliphatic rings. The largest absolute Gasteiger partial charge is 0.384 e. The van der Waals surface area contributed by atoms with Crippen molar-refractivity contribution < 1.29 is 0 Å². The van der Waals surface area contributed by atoms with Gasteiger partial charge in [-0.2, -0.15) is 0 Å². The minimum Gasteiger partial charge on any atom is -0.384 e. The highest BCUT2D eigenvalue weighted by Gasteiger charge is 2.05. The fourth-order valence-corrected chi connectivity index (χ4v) is 4.82. The molecule has 184 valence electrons. The lowest BCUT2D eigenvalue weighted by Gasteiger charge is -2.12. The van der Waals surface area contributed by atoms with Crippen LogP contribution in [-0.2, 0) is 0 Å². The topological polar surface area (TPSA) is 49.8 Å². The predicted molar refractivity (Wildman–Crippen MR) is 152 cm³/mol. The zero-order chi connectivity index (χ0) is 24.6. The first kappa shape index (κ1) is 25.0. The number of anilines is 2. The van der Waals surface area contributed by atoms with Crippen LogP contribution in [0.25, 0.3) is 21.8 Å². The Labute approximate surface area is 210 Å². The van der Waals surface area contributed by atoms with Gasteiger partial charge in [0.05, 0.1) is 11.0 Å². The molecule has 0 unspecified atom stereocenters. The van der Waals surface area contributed by atoms with E-state index in [-0.39, 0.29) is 0 Å². The Bertz CT molecular complexity index is 1180. The predicted octanol–water partition coefficient (Wildman–Crippen LogP) is 8.27. The molecule has 0 saturated heterocycles. The quantitative estimate of drug-likeness (QED) is 0.205. The van der Waals surface area contributed by atoms with Crippen LogP contribution in [0, 0.1) is 27.7 Å². The summed E-state index contributed by atoms with van der Waals surface area (Å²) >= 11 is 0. The molecule has 0 saturated carbocycles. The molecule has 35 heavy (non-hydrogen) atoms. The van der Waals surface area contributed by atoms with Crippen LogP contribution in [0.5, 0.6) is 0 Å². The second-order valence-electron chi connectivity index (χ2n) is 9.99. The number of aromatic nitrogens is 2. The van der Waals surface area contributed by atoms with E-state index in [1.165, 1.54) is 78.2 Å². The van der Waals surface area contributed by atoms with E-state index in [1.807, 2.05) is 0 Å². The summed E-state index contributed by atoms with van der Waals surface area (Å²) < 4.78 is 0. The number of benzene rings is 2. The average molecular weight is 469 g/mol. The maximum Gasteiger partial charge on any atom is 0.0726 e. The molecule has 4 aromatic rings. The summed E-state index contributed by atoms with van der Waals surface area (Å²) in [5.74, 6) is 0. The maximum atomic E-state index is 4.67. The molecule has 2 aromatic heterocycles. The Balaban J connectivity index is 1.10. The number of hydrogen-bond donors (Lipinski definition) is 2. The third kappa shape index (κ3) is 6.94. The number of nitrogens with one attached hydrogen (secondary N) is 2. The summed E-state index contributed by atoms with van der Waals surface area (Å²) in [4.78, 5) is 9.33. The number of nitrogens with zero attached hydrogens (tertiary/aromatic N) is 2. The van der Waals surface area contributed by atoms with Crippen LogP contribution in [0.15, 0.2) is 48.5 Å². The van der Waals surface area contributed by atoms with Crippen LogP contribution in [0.3, 0.4) is 0 Å². The van der Waals surface area contributed by atoms with Gasteiger partial charge in [0.15, 0.2) is 0 Å². The first-order valence-electron chi connectivity index (χ1n) is 13.2. The molecule has 0 atom stereocenters. The molecule has 2 heterocycles. The van der Waals surface area contributed by atoms with Gasteiger partial charge in [0.25, 0.3) is 0 Å². The molecule has 0 spiro atoms. The third-order valence-electron chi connectivity index (χ3n) is 6.67. The van der Waals surface area contributed by atoms with Crippen molar-refractivity contribution in [3.63, 3.8) is 0 Å². The molecule has 0 fully saturated rings. The monoisotopic (exact) mass is 468 g/mol. The van der Waals surface area contributed by atoms with Crippen molar-refractivity contribution in [2.24, 2.45) is 0 Å². The highest BCUT2D eigenvalue weighted by molar-refractivity contribution is 5.92. The van der Waals surface area contributed by atoms with E-state index in [0.29, 0.717) is 0 Å². The Morgan fingerprint density at radius 2 is 0.914 bits per heavy atom. The van der Waals surface area contributed by atoms with Gasteiger partial charge in [-0.05, 0) is 76.9 Å². The number of unbranched alkanes of at least 4 members (excludes halogenated alkanes) is 6. The van der Waals surface area contributed by atoms with Crippen LogP contribution in [0.4, 0.5) is 11.4 Å². The summed E-state index contributed by atoms with van der Waals surface area (Å²) in [6.45, 7) is 10.5. The van der Waals surface area contributed by atoms with E-state index < -0.39 is 0 Å². The van der Waals surface area contributed by atoms with Gasteiger partial charge in [0.2, 0.25) is 0 Å². The van der Waals surface area contributed by atoms with Crippen molar-refractivity contribution in [2.45, 2.75) is 72.6 Å². The highest BCUT2D eigenvalue weighted by atomic mass is 14.9. The molecule has 2 aromatic carbocycles. The van der Waals surface area contributed by atoms with Crippen molar-refractivity contribution in [2.75, 3.05) is 23.7 Å². The van der Waals surface area contributed by atoms with Crippen molar-refractivity contribution in [1.29, 1.82) is 0 Å². The standard InChI is InChI=1S/C31H40N4/c1-22-12-14-28-26(18-22)30(20-24(3)34-28)32-16-10-8-6-5-7-9-11-17-33-31-21-25(4)35-29-15-13-23(2)19-27(29)31/h12-15,18-21H,5-11,16-17H2,1-4H3,(H,32,34)(H,33,35). The van der Waals surface area contributed by atoms with E-state index >= 15 is 0 Å². The summed E-state index contributed by atoms with van der Waals surface area (Å²) in [6.07, 6.45) is 8.96. The molecular weight excluding hydrogens is 428 g/mol. The molecule has 2 N–H and O–H groups in total. The van der Waals surface area contributed by atoms with E-state index in [0.717, 1.165) is 35.5 Å². The molecule has 0 bridgehead atoms. The van der Waals surface area contributed by atoms with Crippen molar-refractivity contribution >= 4 is 33.2 Å². The van der Waals surface area contributed by atoms with Crippen molar-refractivity contribution in [3.8, 4) is 0 Å². The van der Waals surface area contributed by atoms with Crippen molar-refractivity contribution in [3.05, 3.63) is 71.0 Å². The lowest BCUT2D eigenvalue weighted by Crippen LogP contribution is -2.04. The summed E-state index contributed by atoms with van der Waals surface area (Å²) in [6, 6.07) is 17.3. The number of fused-ring (bicyclic) bond motifs is 2. The van der Waals surface area contributed by atoms with Gasteiger partial charge >= 0.3 is 0 Å². The van der Waals surface area contributed by atoms with Crippen molar-refractivity contribution in [1.82, 2.24) is 9.97 Å². The van der Waals surface area contributed by atoms with E-state index in [2.05, 4.69) is 96.8 Å². The minimum absolute atomic E-state index is 1.02. The fourth-order valence-electron chi connectivity index (χ4n) is 4.82. The minimum atomic E-state index is 1.02. The summed E-state index contributed by atoms with van der Waals surface area (Å²) in [5.41, 5.74) is 9.29. The van der Waals surface area contributed by atoms with Crippen LogP contribution >= 0.6 is 0 Å². The van der Waals surface area contributed by atoms with Crippen LogP contribution in [0.2, 0.25) is 0 Å². The fraction of sp³-hybridized carbons (Fsp3) is 0.419. The van der Waals surface area contributed by atoms with E-state index in [4.69, 9.17) is 0 Å². The van der Waals surface area contributed by atoms with Gasteiger partial charge in [-0.3, -0.25) is 9.97 Å². The molecule has 4 nitrogen and oxygen atoms in total. The zero-order valence-electron chi connectivity index (χ0n) is 21.9. The maximum absolute atomic E-state index is 4.67. The molecule has 0 aliphatic carbocycles. The molecular formula is C31H40N4. The molecule has 4 rings (SSSR count). The van der Waals surface area contributed by atoms with Gasteiger partial charge in [-0.25, -0.2) is 0 Å². The number of aryl methyl sites for hydroxylation is 4. The Morgan fingerprint density at radius 3 is 1.34 bits per heavy atom. The normalized spacial score (nSPS) is 11.3. The number of hydrogen-bond acceptors (Lipinski definition) is 4. The summed E-state index contributed by atoms with van der Waals surface area (Å²) in [5, 5.41) is 9.78. The van der Waals surface area contributed by atoms with Gasteiger partial charge in [0, 0.05) is 46.6 Å². The van der Waals surface area contributed by atoms with Gasteiger partial charge in [-0.15, -0.1) is 0 Å². The molecule has 0 amide bonds.